The third-order valence-electron chi connectivity index (χ3n) is 8.45. The molecule has 2 saturated heterocycles. The average Bonchev–Trinajstić information content (AvgIpc) is 3.49. The molecule has 214 valence electrons. The van der Waals surface area contributed by atoms with Gasteiger partial charge in [-0.25, -0.2) is 41.4 Å². The Bertz CT molecular complexity index is 1490. The van der Waals surface area contributed by atoms with Crippen LogP contribution >= 0.6 is 0 Å². The highest BCUT2D eigenvalue weighted by atomic mass is 32.2. The van der Waals surface area contributed by atoms with Crippen molar-refractivity contribution in [2.75, 3.05) is 42.7 Å². The van der Waals surface area contributed by atoms with Crippen molar-refractivity contribution in [1.29, 1.82) is 0 Å². The Hall–Kier alpha value is -3.26. The number of hydrogen-bond acceptors (Lipinski definition) is 8. The Balaban J connectivity index is 1.31. The molecule has 1 aliphatic carbocycles. The molecule has 0 bridgehead atoms. The molecule has 10 nitrogen and oxygen atoms in total. The molecule has 3 aliphatic rings. The molecule has 1 saturated carbocycles. The largest absolute Gasteiger partial charge is 0.370 e. The zero-order chi connectivity index (χ0) is 28.1. The van der Waals surface area contributed by atoms with Gasteiger partial charge in [0.15, 0.2) is 0 Å². The van der Waals surface area contributed by atoms with Gasteiger partial charge in [-0.3, -0.25) is 0 Å². The maximum absolute atomic E-state index is 13.8. The fourth-order valence-electron chi connectivity index (χ4n) is 5.63. The van der Waals surface area contributed by atoms with E-state index in [1.165, 1.54) is 12.8 Å². The SMILES string of the molecule is NS(=O)(=O)C(CF)c1ccc(-n2cc(-c3ccnc(N4CCC(F)(F)CC4)n3)nn2)c(N2CCC3(CC2)CC3)c1. The molecule has 40 heavy (non-hydrogen) atoms. The van der Waals surface area contributed by atoms with Gasteiger partial charge in [0.1, 0.15) is 17.6 Å². The zero-order valence-electron chi connectivity index (χ0n) is 21.9. The fraction of sp³-hybridized carbons (Fsp3) is 0.538. The second kappa shape index (κ2) is 9.98. The number of rotatable bonds is 7. The normalized spacial score (nSPS) is 21.0. The third kappa shape index (κ3) is 5.38. The van der Waals surface area contributed by atoms with Crippen molar-refractivity contribution < 1.29 is 21.6 Å². The van der Waals surface area contributed by atoms with Gasteiger partial charge < -0.3 is 9.80 Å². The number of nitrogens with zero attached hydrogens (tertiary/aromatic N) is 7. The highest BCUT2D eigenvalue weighted by Gasteiger charge is 2.44. The highest BCUT2D eigenvalue weighted by Crippen LogP contribution is 2.54. The van der Waals surface area contributed by atoms with Crippen molar-refractivity contribution >= 4 is 21.7 Å². The van der Waals surface area contributed by atoms with E-state index in [9.17, 15) is 21.6 Å². The van der Waals surface area contributed by atoms with E-state index in [-0.39, 0.29) is 31.5 Å². The summed E-state index contributed by atoms with van der Waals surface area (Å²) in [7, 11) is -4.14. The first-order valence-corrected chi connectivity index (χ1v) is 15.0. The number of alkyl halides is 3. The van der Waals surface area contributed by atoms with E-state index in [2.05, 4.69) is 25.2 Å². The van der Waals surface area contributed by atoms with Gasteiger partial charge in [0.05, 0.1) is 23.3 Å². The minimum absolute atomic E-state index is 0.161. The molecule has 0 radical (unpaired) electrons. The lowest BCUT2D eigenvalue weighted by atomic mass is 9.93. The fourth-order valence-corrected chi connectivity index (χ4v) is 6.33. The molecular weight excluding hydrogens is 545 g/mol. The maximum Gasteiger partial charge on any atom is 0.251 e. The van der Waals surface area contributed by atoms with Crippen LogP contribution < -0.4 is 14.9 Å². The summed E-state index contributed by atoms with van der Waals surface area (Å²) >= 11 is 0. The Morgan fingerprint density at radius 3 is 2.27 bits per heavy atom. The maximum atomic E-state index is 13.8. The molecule has 6 rings (SSSR count). The van der Waals surface area contributed by atoms with Crippen molar-refractivity contribution in [2.24, 2.45) is 10.6 Å². The van der Waals surface area contributed by atoms with Crippen LogP contribution in [0.25, 0.3) is 17.1 Å². The van der Waals surface area contributed by atoms with Crippen LogP contribution in [0.5, 0.6) is 0 Å². The molecule has 4 heterocycles. The quantitative estimate of drug-likeness (QED) is 0.452. The molecule has 2 aliphatic heterocycles. The molecular formula is C26H31F3N8O2S. The van der Waals surface area contributed by atoms with Crippen LogP contribution in [-0.4, -0.2) is 72.2 Å². The van der Waals surface area contributed by atoms with Crippen LogP contribution in [0.2, 0.25) is 0 Å². The van der Waals surface area contributed by atoms with Crippen molar-refractivity contribution in [1.82, 2.24) is 25.0 Å². The topological polar surface area (TPSA) is 123 Å². The van der Waals surface area contributed by atoms with Gasteiger partial charge in [-0.05, 0) is 54.9 Å². The van der Waals surface area contributed by atoms with Crippen LogP contribution in [-0.2, 0) is 10.0 Å². The van der Waals surface area contributed by atoms with Crippen molar-refractivity contribution in [2.45, 2.75) is 49.7 Å². The van der Waals surface area contributed by atoms with Gasteiger partial charge in [-0.15, -0.1) is 5.10 Å². The number of hydrogen-bond donors (Lipinski definition) is 1. The molecule has 1 unspecified atom stereocenters. The van der Waals surface area contributed by atoms with Crippen molar-refractivity contribution in [3.63, 3.8) is 0 Å². The first kappa shape index (κ1) is 26.9. The monoisotopic (exact) mass is 576 g/mol. The van der Waals surface area contributed by atoms with Crippen LogP contribution in [0.1, 0.15) is 49.3 Å². The Labute approximate surface area is 230 Å². The molecule has 2 N–H and O–H groups in total. The van der Waals surface area contributed by atoms with E-state index in [0.717, 1.165) is 31.6 Å². The summed E-state index contributed by atoms with van der Waals surface area (Å²) in [6, 6.07) is 6.62. The lowest BCUT2D eigenvalue weighted by Crippen LogP contribution is -2.40. The van der Waals surface area contributed by atoms with E-state index in [1.807, 2.05) is 0 Å². The van der Waals surface area contributed by atoms with Gasteiger partial charge in [-0.2, -0.15) is 0 Å². The Kier molecular flexibility index (Phi) is 6.72. The second-order valence-corrected chi connectivity index (χ2v) is 12.8. The summed E-state index contributed by atoms with van der Waals surface area (Å²) in [6.45, 7) is 0.775. The number of sulfonamides is 1. The minimum atomic E-state index is -4.14. The standard InChI is InChI=1S/C26H31F3N8O2S/c27-16-23(40(30,38)39)18-1-2-21(22(15-18)35-11-6-25(4-5-25)7-12-35)37-17-20(33-34-37)19-3-10-31-24(32-19)36-13-8-26(28,29)9-14-36/h1-3,10,15,17,23H,4-9,11-14,16H2,(H2,30,38,39). The Morgan fingerprint density at radius 2 is 1.62 bits per heavy atom. The van der Waals surface area contributed by atoms with Crippen LogP contribution in [0.4, 0.5) is 24.8 Å². The summed E-state index contributed by atoms with van der Waals surface area (Å²) in [5.41, 5.74) is 3.04. The predicted molar refractivity (Wildman–Crippen MR) is 144 cm³/mol. The third-order valence-corrected chi connectivity index (χ3v) is 9.64. The average molecular weight is 577 g/mol. The van der Waals surface area contributed by atoms with Crippen molar-refractivity contribution in [3.05, 3.63) is 42.2 Å². The zero-order valence-corrected chi connectivity index (χ0v) is 22.7. The number of halogens is 3. The summed E-state index contributed by atoms with van der Waals surface area (Å²) in [6.07, 6.45) is 7.31. The van der Waals surface area contributed by atoms with Crippen LogP contribution in [0.3, 0.4) is 0 Å². The van der Waals surface area contributed by atoms with E-state index < -0.39 is 27.9 Å². The molecule has 1 aromatic carbocycles. The second-order valence-electron chi connectivity index (χ2n) is 11.1. The van der Waals surface area contributed by atoms with E-state index in [0.29, 0.717) is 28.4 Å². The molecule has 3 aromatic rings. The number of benzene rings is 1. The lowest BCUT2D eigenvalue weighted by Gasteiger charge is -2.35. The van der Waals surface area contributed by atoms with Gasteiger partial charge in [0, 0.05) is 45.2 Å². The minimum Gasteiger partial charge on any atom is -0.370 e. The number of anilines is 2. The Morgan fingerprint density at radius 1 is 0.925 bits per heavy atom. The first-order valence-electron chi connectivity index (χ1n) is 13.4. The predicted octanol–water partition coefficient (Wildman–Crippen LogP) is 3.64. The van der Waals surface area contributed by atoms with Crippen LogP contribution in [0, 0.1) is 5.41 Å². The molecule has 1 spiro atoms. The molecule has 3 fully saturated rings. The smallest absolute Gasteiger partial charge is 0.251 e. The number of primary sulfonamides is 1. The summed E-state index contributed by atoms with van der Waals surface area (Å²) in [5.74, 6) is -2.31. The first-order chi connectivity index (χ1) is 19.1. The van der Waals surface area contributed by atoms with Crippen LogP contribution in [0.15, 0.2) is 36.7 Å². The van der Waals surface area contributed by atoms with E-state index in [1.54, 1.807) is 46.2 Å². The molecule has 1 atom stereocenters. The molecule has 0 amide bonds. The van der Waals surface area contributed by atoms with Crippen molar-refractivity contribution in [3.8, 4) is 17.1 Å². The lowest BCUT2D eigenvalue weighted by molar-refractivity contribution is -0.0222. The molecule has 2 aromatic heterocycles. The number of nitrogens with two attached hydrogens (primary N) is 1. The molecule has 14 heteroatoms. The number of piperidine rings is 2. The van der Waals surface area contributed by atoms with Gasteiger partial charge in [0.2, 0.25) is 16.0 Å². The van der Waals surface area contributed by atoms with E-state index >= 15 is 0 Å². The number of aromatic nitrogens is 5. The highest BCUT2D eigenvalue weighted by molar-refractivity contribution is 7.89. The van der Waals surface area contributed by atoms with Gasteiger partial charge >= 0.3 is 0 Å². The summed E-state index contributed by atoms with van der Waals surface area (Å²) in [4.78, 5) is 12.7. The van der Waals surface area contributed by atoms with Gasteiger partial charge in [0.25, 0.3) is 5.92 Å². The summed E-state index contributed by atoms with van der Waals surface area (Å²) in [5, 5.41) is 12.5. The van der Waals surface area contributed by atoms with E-state index in [4.69, 9.17) is 5.14 Å². The summed E-state index contributed by atoms with van der Waals surface area (Å²) < 4.78 is 66.7. The van der Waals surface area contributed by atoms with Gasteiger partial charge in [-0.1, -0.05) is 11.3 Å².